The second-order valence-electron chi connectivity index (χ2n) is 5.23. The third-order valence-electron chi connectivity index (χ3n) is 3.41. The molecule has 7 heteroatoms. The Balaban J connectivity index is 1.54. The smallest absolute Gasteiger partial charge is 0.315 e. The van der Waals surface area contributed by atoms with E-state index in [2.05, 4.69) is 10.6 Å². The van der Waals surface area contributed by atoms with Crippen molar-refractivity contribution in [2.75, 3.05) is 40.5 Å². The number of ether oxygens (including phenoxy) is 4. The van der Waals surface area contributed by atoms with Gasteiger partial charge in [0, 0.05) is 6.07 Å². The van der Waals surface area contributed by atoms with Gasteiger partial charge in [-0.3, -0.25) is 0 Å². The summed E-state index contributed by atoms with van der Waals surface area (Å²) in [4.78, 5) is 11.7. The molecule has 2 amide bonds. The molecule has 2 aromatic rings. The standard InChI is InChI=1S/C19H24N2O5/c1-23-15-6-8-16(9-7-15)25-12-10-20-19(22)21-11-13-26-18-5-3-4-17(14-18)24-2/h3-9,14H,10-13H2,1-2H3,(H2,20,21,22). The van der Waals surface area contributed by atoms with Gasteiger partial charge in [-0.1, -0.05) is 6.07 Å². The topological polar surface area (TPSA) is 78.1 Å². The first-order valence-electron chi connectivity index (χ1n) is 8.26. The Morgan fingerprint density at radius 1 is 0.769 bits per heavy atom. The van der Waals surface area contributed by atoms with E-state index in [-0.39, 0.29) is 6.03 Å². The Bertz CT molecular complexity index is 676. The maximum absolute atomic E-state index is 11.7. The number of carbonyl (C=O) groups is 1. The molecule has 0 aliphatic heterocycles. The van der Waals surface area contributed by atoms with Crippen LogP contribution in [0.4, 0.5) is 4.79 Å². The first kappa shape index (κ1) is 19.2. The molecule has 0 fully saturated rings. The fraction of sp³-hybridized carbons (Fsp3) is 0.316. The number of carbonyl (C=O) groups excluding carboxylic acids is 1. The minimum Gasteiger partial charge on any atom is -0.497 e. The van der Waals surface area contributed by atoms with Gasteiger partial charge < -0.3 is 29.6 Å². The lowest BCUT2D eigenvalue weighted by atomic mass is 10.3. The summed E-state index contributed by atoms with van der Waals surface area (Å²) in [6.45, 7) is 1.53. The Morgan fingerprint density at radius 3 is 1.92 bits per heavy atom. The minimum atomic E-state index is -0.266. The molecule has 0 saturated carbocycles. The van der Waals surface area contributed by atoms with Crippen LogP contribution in [-0.4, -0.2) is 46.6 Å². The molecule has 2 aromatic carbocycles. The van der Waals surface area contributed by atoms with E-state index in [4.69, 9.17) is 18.9 Å². The summed E-state index contributed by atoms with van der Waals surface area (Å²) in [5.74, 6) is 2.91. The molecule has 0 atom stereocenters. The normalized spacial score (nSPS) is 9.92. The zero-order valence-corrected chi connectivity index (χ0v) is 15.0. The van der Waals surface area contributed by atoms with E-state index < -0.39 is 0 Å². The van der Waals surface area contributed by atoms with Gasteiger partial charge in [0.15, 0.2) is 0 Å². The van der Waals surface area contributed by atoms with Crippen molar-refractivity contribution >= 4 is 6.03 Å². The lowest BCUT2D eigenvalue weighted by Crippen LogP contribution is -2.39. The Kier molecular flexibility index (Phi) is 7.92. The SMILES string of the molecule is COc1ccc(OCCNC(=O)NCCOc2cccc(OC)c2)cc1. The van der Waals surface area contributed by atoms with Crippen molar-refractivity contribution < 1.29 is 23.7 Å². The van der Waals surface area contributed by atoms with Crippen LogP contribution >= 0.6 is 0 Å². The van der Waals surface area contributed by atoms with Gasteiger partial charge >= 0.3 is 6.03 Å². The molecule has 0 bridgehead atoms. The van der Waals surface area contributed by atoms with Crippen molar-refractivity contribution in [3.63, 3.8) is 0 Å². The highest BCUT2D eigenvalue weighted by Gasteiger charge is 2.01. The van der Waals surface area contributed by atoms with Crippen molar-refractivity contribution in [3.05, 3.63) is 48.5 Å². The Labute approximate surface area is 153 Å². The molecule has 26 heavy (non-hydrogen) atoms. The zero-order valence-electron chi connectivity index (χ0n) is 15.0. The molecular weight excluding hydrogens is 336 g/mol. The predicted octanol–water partition coefficient (Wildman–Crippen LogP) is 2.46. The lowest BCUT2D eigenvalue weighted by Gasteiger charge is -2.10. The van der Waals surface area contributed by atoms with Gasteiger partial charge in [0.25, 0.3) is 0 Å². The van der Waals surface area contributed by atoms with Crippen molar-refractivity contribution in [3.8, 4) is 23.0 Å². The third kappa shape index (κ3) is 6.80. The van der Waals surface area contributed by atoms with Gasteiger partial charge in [0.2, 0.25) is 0 Å². The zero-order chi connectivity index (χ0) is 18.6. The van der Waals surface area contributed by atoms with Crippen molar-refractivity contribution in [1.82, 2.24) is 10.6 Å². The molecule has 2 N–H and O–H groups in total. The summed E-state index contributed by atoms with van der Waals surface area (Å²) in [6.07, 6.45) is 0. The number of amides is 2. The molecule has 0 radical (unpaired) electrons. The van der Waals surface area contributed by atoms with Crippen LogP contribution in [0.1, 0.15) is 0 Å². The van der Waals surface area contributed by atoms with Crippen LogP contribution in [0, 0.1) is 0 Å². The van der Waals surface area contributed by atoms with Gasteiger partial charge in [-0.25, -0.2) is 4.79 Å². The van der Waals surface area contributed by atoms with Crippen LogP contribution in [0.15, 0.2) is 48.5 Å². The lowest BCUT2D eigenvalue weighted by molar-refractivity contribution is 0.232. The van der Waals surface area contributed by atoms with E-state index in [0.717, 1.165) is 17.2 Å². The van der Waals surface area contributed by atoms with Gasteiger partial charge in [-0.05, 0) is 36.4 Å². The highest BCUT2D eigenvalue weighted by Crippen LogP contribution is 2.18. The Hall–Kier alpha value is -3.09. The number of hydrogen-bond donors (Lipinski definition) is 2. The third-order valence-corrected chi connectivity index (χ3v) is 3.41. The summed E-state index contributed by atoms with van der Waals surface area (Å²) >= 11 is 0. The van der Waals surface area contributed by atoms with E-state index in [1.165, 1.54) is 0 Å². The number of methoxy groups -OCH3 is 2. The van der Waals surface area contributed by atoms with E-state index in [1.54, 1.807) is 20.3 Å². The number of benzene rings is 2. The van der Waals surface area contributed by atoms with Gasteiger partial charge in [0.05, 0.1) is 27.3 Å². The number of rotatable bonds is 10. The summed E-state index contributed by atoms with van der Waals surface area (Å²) in [6, 6.07) is 14.3. The van der Waals surface area contributed by atoms with E-state index >= 15 is 0 Å². The van der Waals surface area contributed by atoms with E-state index in [0.29, 0.717) is 32.1 Å². The van der Waals surface area contributed by atoms with E-state index in [1.807, 2.05) is 42.5 Å². The van der Waals surface area contributed by atoms with Gasteiger partial charge in [0.1, 0.15) is 36.2 Å². The van der Waals surface area contributed by atoms with Crippen molar-refractivity contribution in [2.45, 2.75) is 0 Å². The Morgan fingerprint density at radius 2 is 1.31 bits per heavy atom. The quantitative estimate of drug-likeness (QED) is 0.637. The van der Waals surface area contributed by atoms with E-state index in [9.17, 15) is 4.79 Å². The van der Waals surface area contributed by atoms with Crippen LogP contribution < -0.4 is 29.6 Å². The molecule has 0 aliphatic carbocycles. The average molecular weight is 360 g/mol. The first-order valence-corrected chi connectivity index (χ1v) is 8.26. The molecule has 2 rings (SSSR count). The number of hydrogen-bond acceptors (Lipinski definition) is 5. The van der Waals surface area contributed by atoms with Crippen LogP contribution in [0.5, 0.6) is 23.0 Å². The molecule has 140 valence electrons. The number of nitrogens with one attached hydrogen (secondary N) is 2. The highest BCUT2D eigenvalue weighted by molar-refractivity contribution is 5.73. The van der Waals surface area contributed by atoms with Gasteiger partial charge in [-0.2, -0.15) is 0 Å². The molecule has 0 unspecified atom stereocenters. The molecule has 0 heterocycles. The molecule has 7 nitrogen and oxygen atoms in total. The molecule has 0 saturated heterocycles. The average Bonchev–Trinajstić information content (AvgIpc) is 2.69. The van der Waals surface area contributed by atoms with Gasteiger partial charge in [-0.15, -0.1) is 0 Å². The monoisotopic (exact) mass is 360 g/mol. The highest BCUT2D eigenvalue weighted by atomic mass is 16.5. The van der Waals surface area contributed by atoms with Crippen LogP contribution in [-0.2, 0) is 0 Å². The predicted molar refractivity (Wildman–Crippen MR) is 98.4 cm³/mol. The summed E-state index contributed by atoms with van der Waals surface area (Å²) in [5, 5.41) is 5.43. The van der Waals surface area contributed by atoms with Crippen LogP contribution in [0.2, 0.25) is 0 Å². The second kappa shape index (κ2) is 10.7. The molecular formula is C19H24N2O5. The number of urea groups is 1. The largest absolute Gasteiger partial charge is 0.497 e. The van der Waals surface area contributed by atoms with Crippen LogP contribution in [0.3, 0.4) is 0 Å². The van der Waals surface area contributed by atoms with Crippen molar-refractivity contribution in [1.29, 1.82) is 0 Å². The summed E-state index contributed by atoms with van der Waals surface area (Å²) < 4.78 is 21.3. The second-order valence-corrected chi connectivity index (χ2v) is 5.23. The fourth-order valence-electron chi connectivity index (χ4n) is 2.09. The van der Waals surface area contributed by atoms with Crippen LogP contribution in [0.25, 0.3) is 0 Å². The maximum Gasteiger partial charge on any atom is 0.315 e. The summed E-state index contributed by atoms with van der Waals surface area (Å²) in [7, 11) is 3.21. The minimum absolute atomic E-state index is 0.266. The fourth-order valence-corrected chi connectivity index (χ4v) is 2.09. The molecule has 0 aliphatic rings. The summed E-state index contributed by atoms with van der Waals surface area (Å²) in [5.41, 5.74) is 0. The van der Waals surface area contributed by atoms with Crippen molar-refractivity contribution in [2.24, 2.45) is 0 Å². The molecule has 0 aromatic heterocycles. The molecule has 0 spiro atoms. The first-order chi connectivity index (χ1) is 12.7. The maximum atomic E-state index is 11.7.